The van der Waals surface area contributed by atoms with Crippen LogP contribution in [-0.4, -0.2) is 37.0 Å². The molecule has 1 aliphatic heterocycles. The molecule has 4 heteroatoms. The molecule has 0 amide bonds. The van der Waals surface area contributed by atoms with E-state index in [1.165, 1.54) is 5.69 Å². The zero-order valence-corrected chi connectivity index (χ0v) is 11.4. The van der Waals surface area contributed by atoms with Crippen molar-refractivity contribution in [1.82, 2.24) is 9.88 Å². The molecule has 0 radical (unpaired) electrons. The van der Waals surface area contributed by atoms with Gasteiger partial charge in [0.1, 0.15) is 5.60 Å². The average molecular weight is 252 g/mol. The van der Waals surface area contributed by atoms with E-state index in [1.54, 1.807) is 7.11 Å². The monoisotopic (exact) mass is 252 g/mol. The van der Waals surface area contributed by atoms with Crippen molar-refractivity contribution in [2.45, 2.75) is 38.5 Å². The number of hydrogen-bond acceptors (Lipinski definition) is 3. The van der Waals surface area contributed by atoms with Crippen molar-refractivity contribution < 1.29 is 9.47 Å². The van der Waals surface area contributed by atoms with Gasteiger partial charge in [-0.05, 0) is 18.6 Å². The maximum atomic E-state index is 5.60. The standard InChI is InChI=1S/C14H24N2O2/c1-3-7-16-8-4-5-13(16)10-15-11-14(17-2)6-9-18-12-14/h4-5,8,15H,3,6-7,9-12H2,1-2H3. The Morgan fingerprint density at radius 3 is 3.11 bits per heavy atom. The third-order valence-corrected chi connectivity index (χ3v) is 3.64. The number of ether oxygens (including phenoxy) is 2. The quantitative estimate of drug-likeness (QED) is 0.803. The van der Waals surface area contributed by atoms with Crippen LogP contribution in [0.5, 0.6) is 0 Å². The lowest BCUT2D eigenvalue weighted by molar-refractivity contribution is -0.0160. The Bertz CT molecular complexity index is 356. The molecule has 0 aromatic carbocycles. The average Bonchev–Trinajstić information content (AvgIpc) is 3.01. The number of nitrogens with one attached hydrogen (secondary N) is 1. The van der Waals surface area contributed by atoms with Crippen LogP contribution in [-0.2, 0) is 22.6 Å². The molecule has 1 aliphatic rings. The van der Waals surface area contributed by atoms with Crippen molar-refractivity contribution >= 4 is 0 Å². The zero-order chi connectivity index (χ0) is 12.8. The number of aryl methyl sites for hydroxylation is 1. The minimum atomic E-state index is -0.123. The highest BCUT2D eigenvalue weighted by atomic mass is 16.5. The molecule has 2 rings (SSSR count). The van der Waals surface area contributed by atoms with Gasteiger partial charge in [-0.25, -0.2) is 0 Å². The highest BCUT2D eigenvalue weighted by Gasteiger charge is 2.34. The largest absolute Gasteiger partial charge is 0.378 e. The van der Waals surface area contributed by atoms with Crippen molar-refractivity contribution in [3.8, 4) is 0 Å². The minimum absolute atomic E-state index is 0.123. The molecule has 0 spiro atoms. The maximum absolute atomic E-state index is 5.60. The van der Waals surface area contributed by atoms with E-state index in [1.807, 2.05) is 0 Å². The van der Waals surface area contributed by atoms with Crippen LogP contribution in [0.1, 0.15) is 25.5 Å². The first kappa shape index (κ1) is 13.6. The summed E-state index contributed by atoms with van der Waals surface area (Å²) in [5.41, 5.74) is 1.21. The van der Waals surface area contributed by atoms with Gasteiger partial charge in [-0.2, -0.15) is 0 Å². The second kappa shape index (κ2) is 6.36. The normalized spacial score (nSPS) is 23.7. The van der Waals surface area contributed by atoms with E-state index in [2.05, 4.69) is 35.1 Å². The molecule has 0 bridgehead atoms. The number of aromatic nitrogens is 1. The fraction of sp³-hybridized carbons (Fsp3) is 0.714. The molecule has 4 nitrogen and oxygen atoms in total. The first-order valence-electron chi connectivity index (χ1n) is 6.77. The van der Waals surface area contributed by atoms with E-state index >= 15 is 0 Å². The molecule has 1 atom stereocenters. The molecule has 1 aromatic heterocycles. The summed E-state index contributed by atoms with van der Waals surface area (Å²) in [6.45, 7) is 6.53. The second-order valence-corrected chi connectivity index (χ2v) is 4.99. The van der Waals surface area contributed by atoms with Crippen molar-refractivity contribution in [2.24, 2.45) is 0 Å². The predicted molar refractivity (Wildman–Crippen MR) is 71.6 cm³/mol. The molecule has 0 saturated carbocycles. The molecule has 2 heterocycles. The molecule has 102 valence electrons. The summed E-state index contributed by atoms with van der Waals surface area (Å²) in [6.07, 6.45) is 4.29. The Hall–Kier alpha value is -0.840. The lowest BCUT2D eigenvalue weighted by Gasteiger charge is -2.26. The molecular weight excluding hydrogens is 228 g/mol. The van der Waals surface area contributed by atoms with E-state index in [0.29, 0.717) is 6.61 Å². The lowest BCUT2D eigenvalue weighted by Crippen LogP contribution is -2.42. The van der Waals surface area contributed by atoms with Crippen LogP contribution in [0.2, 0.25) is 0 Å². The van der Waals surface area contributed by atoms with Crippen LogP contribution >= 0.6 is 0 Å². The molecular formula is C14H24N2O2. The number of nitrogens with zero attached hydrogens (tertiary/aromatic N) is 1. The summed E-state index contributed by atoms with van der Waals surface area (Å²) >= 11 is 0. The summed E-state index contributed by atoms with van der Waals surface area (Å²) in [6, 6.07) is 4.28. The highest BCUT2D eigenvalue weighted by molar-refractivity contribution is 5.07. The molecule has 1 aromatic rings. The van der Waals surface area contributed by atoms with Gasteiger partial charge >= 0.3 is 0 Å². The Kier molecular flexibility index (Phi) is 4.80. The van der Waals surface area contributed by atoms with E-state index in [-0.39, 0.29) is 5.60 Å². The van der Waals surface area contributed by atoms with Crippen LogP contribution in [0.15, 0.2) is 18.3 Å². The minimum Gasteiger partial charge on any atom is -0.378 e. The van der Waals surface area contributed by atoms with Crippen molar-refractivity contribution in [1.29, 1.82) is 0 Å². The van der Waals surface area contributed by atoms with Crippen LogP contribution < -0.4 is 5.32 Å². The lowest BCUT2D eigenvalue weighted by atomic mass is 10.0. The molecule has 0 aliphatic carbocycles. The Labute approximate surface area is 109 Å². The molecule has 1 unspecified atom stereocenters. The Morgan fingerprint density at radius 1 is 1.56 bits per heavy atom. The van der Waals surface area contributed by atoms with Crippen molar-refractivity contribution in [3.05, 3.63) is 24.0 Å². The second-order valence-electron chi connectivity index (χ2n) is 4.99. The first-order valence-corrected chi connectivity index (χ1v) is 6.77. The first-order chi connectivity index (χ1) is 8.79. The zero-order valence-electron chi connectivity index (χ0n) is 11.4. The number of methoxy groups -OCH3 is 1. The Morgan fingerprint density at radius 2 is 2.44 bits per heavy atom. The third-order valence-electron chi connectivity index (χ3n) is 3.64. The fourth-order valence-corrected chi connectivity index (χ4v) is 2.45. The van der Waals surface area contributed by atoms with E-state index in [0.717, 1.165) is 39.1 Å². The smallest absolute Gasteiger partial charge is 0.106 e. The van der Waals surface area contributed by atoms with Crippen LogP contribution in [0.25, 0.3) is 0 Å². The van der Waals surface area contributed by atoms with Gasteiger partial charge in [0, 0.05) is 51.7 Å². The van der Waals surface area contributed by atoms with E-state index < -0.39 is 0 Å². The van der Waals surface area contributed by atoms with Gasteiger partial charge in [-0.3, -0.25) is 0 Å². The number of rotatable bonds is 7. The summed E-state index contributed by atoms with van der Waals surface area (Å²) in [4.78, 5) is 0. The maximum Gasteiger partial charge on any atom is 0.106 e. The van der Waals surface area contributed by atoms with Crippen LogP contribution in [0, 0.1) is 0 Å². The van der Waals surface area contributed by atoms with Gasteiger partial charge in [0.05, 0.1) is 6.61 Å². The molecule has 1 N–H and O–H groups in total. The Balaban J connectivity index is 1.82. The van der Waals surface area contributed by atoms with Gasteiger partial charge in [-0.1, -0.05) is 6.92 Å². The van der Waals surface area contributed by atoms with Gasteiger partial charge in [0.15, 0.2) is 0 Å². The summed E-state index contributed by atoms with van der Waals surface area (Å²) in [5.74, 6) is 0. The van der Waals surface area contributed by atoms with Crippen LogP contribution in [0.4, 0.5) is 0 Å². The fourth-order valence-electron chi connectivity index (χ4n) is 2.45. The van der Waals surface area contributed by atoms with Gasteiger partial charge < -0.3 is 19.4 Å². The van der Waals surface area contributed by atoms with Crippen molar-refractivity contribution in [3.63, 3.8) is 0 Å². The number of hydrogen-bond donors (Lipinski definition) is 1. The highest BCUT2D eigenvalue weighted by Crippen LogP contribution is 2.21. The predicted octanol–water partition coefficient (Wildman–Crippen LogP) is 1.79. The van der Waals surface area contributed by atoms with Gasteiger partial charge in [0.2, 0.25) is 0 Å². The third kappa shape index (κ3) is 3.13. The molecule has 1 fully saturated rings. The summed E-state index contributed by atoms with van der Waals surface area (Å²) in [5, 5.41) is 3.49. The molecule has 18 heavy (non-hydrogen) atoms. The summed E-state index contributed by atoms with van der Waals surface area (Å²) in [7, 11) is 1.77. The van der Waals surface area contributed by atoms with Gasteiger partial charge in [-0.15, -0.1) is 0 Å². The molecule has 1 saturated heterocycles. The van der Waals surface area contributed by atoms with E-state index in [9.17, 15) is 0 Å². The summed E-state index contributed by atoms with van der Waals surface area (Å²) < 4.78 is 13.3. The SMILES string of the molecule is CCCn1cccc1CNCC1(OC)CCOC1. The van der Waals surface area contributed by atoms with Crippen LogP contribution in [0.3, 0.4) is 0 Å². The topological polar surface area (TPSA) is 35.4 Å². The van der Waals surface area contributed by atoms with E-state index in [4.69, 9.17) is 9.47 Å². The van der Waals surface area contributed by atoms with Gasteiger partial charge in [0.25, 0.3) is 0 Å². The van der Waals surface area contributed by atoms with Crippen molar-refractivity contribution in [2.75, 3.05) is 26.9 Å².